The van der Waals surface area contributed by atoms with Gasteiger partial charge in [0.15, 0.2) is 6.10 Å². The molecule has 0 saturated heterocycles. The van der Waals surface area contributed by atoms with Crippen LogP contribution >= 0.6 is 0 Å². The van der Waals surface area contributed by atoms with E-state index in [2.05, 4.69) is 154 Å². The fourth-order valence-electron chi connectivity index (χ4n) is 9.49. The first-order chi connectivity index (χ1) is 41.0. The normalized spacial score (nSPS) is 13.0. The van der Waals surface area contributed by atoms with Gasteiger partial charge in [-0.15, -0.1) is 0 Å². The molecule has 0 aromatic rings. The van der Waals surface area contributed by atoms with Gasteiger partial charge in [-0.25, -0.2) is 0 Å². The highest BCUT2D eigenvalue weighted by Gasteiger charge is 2.19. The van der Waals surface area contributed by atoms with Crippen LogP contribution in [-0.4, -0.2) is 37.2 Å². The highest BCUT2D eigenvalue weighted by molar-refractivity contribution is 5.71. The Balaban J connectivity index is 4.35. The van der Waals surface area contributed by atoms with Gasteiger partial charge in [-0.2, -0.15) is 0 Å². The Kier molecular flexibility index (Phi) is 66.3. The van der Waals surface area contributed by atoms with Crippen molar-refractivity contribution >= 4 is 17.9 Å². The van der Waals surface area contributed by atoms with Crippen LogP contribution in [0.15, 0.2) is 134 Å². The van der Waals surface area contributed by atoms with Crippen molar-refractivity contribution in [2.24, 2.45) is 0 Å². The molecule has 0 aromatic carbocycles. The number of esters is 3. The maximum atomic E-state index is 12.9. The molecule has 83 heavy (non-hydrogen) atoms. The second-order valence-electron chi connectivity index (χ2n) is 22.7. The number of hydrogen-bond donors (Lipinski definition) is 0. The number of rotatable bonds is 62. The molecule has 1 unspecified atom stereocenters. The van der Waals surface area contributed by atoms with Crippen molar-refractivity contribution in [2.75, 3.05) is 13.2 Å². The van der Waals surface area contributed by atoms with Crippen LogP contribution in [-0.2, 0) is 28.6 Å². The molecule has 0 aromatic heterocycles. The zero-order valence-corrected chi connectivity index (χ0v) is 54.2. The molecule has 0 amide bonds. The molecule has 0 rings (SSSR count). The Morgan fingerprint density at radius 3 is 0.735 bits per heavy atom. The molecule has 472 valence electrons. The first-order valence-corrected chi connectivity index (χ1v) is 34.7. The van der Waals surface area contributed by atoms with Crippen molar-refractivity contribution in [1.82, 2.24) is 0 Å². The molecule has 0 N–H and O–H groups in total. The summed E-state index contributed by atoms with van der Waals surface area (Å²) in [7, 11) is 0. The summed E-state index contributed by atoms with van der Waals surface area (Å²) in [6.07, 6.45) is 99.0. The standard InChI is InChI=1S/C77H128O6/c1-4-7-10-13-16-19-22-25-28-30-32-34-35-36-37-38-39-40-41-43-44-46-49-52-55-58-61-64-67-70-76(79)82-73-74(72-81-75(78)69-66-63-60-57-54-51-48-27-24-21-18-15-12-9-6-3)83-77(80)71-68-65-62-59-56-53-50-47-45-42-33-31-29-26-23-20-17-14-11-8-5-2/h8-9,11-12,17-18,20-22,25-27,29-30,32-33,35-36,42,47-48,50,74H,4-7,10,13-16,19,23-24,28,31,34,37-41,43-46,49,51-73H2,1-3H3/b11-8-,12-9-,20-17-,21-18-,25-22-,29-26-,32-30-,36-35-,42-33-,48-27-,50-47-. The van der Waals surface area contributed by atoms with Crippen molar-refractivity contribution in [2.45, 2.75) is 322 Å². The lowest BCUT2D eigenvalue weighted by Crippen LogP contribution is -2.30. The molecule has 0 aliphatic carbocycles. The van der Waals surface area contributed by atoms with Crippen molar-refractivity contribution in [3.63, 3.8) is 0 Å². The molecule has 6 heteroatoms. The molecule has 0 saturated carbocycles. The number of ether oxygens (including phenoxy) is 3. The molecule has 0 fully saturated rings. The largest absolute Gasteiger partial charge is 0.462 e. The lowest BCUT2D eigenvalue weighted by molar-refractivity contribution is -0.167. The number of allylic oxidation sites excluding steroid dienone is 22. The van der Waals surface area contributed by atoms with E-state index >= 15 is 0 Å². The second kappa shape index (κ2) is 70.0. The first kappa shape index (κ1) is 78.5. The van der Waals surface area contributed by atoms with Gasteiger partial charge in [0.1, 0.15) is 13.2 Å². The highest BCUT2D eigenvalue weighted by Crippen LogP contribution is 2.16. The zero-order valence-electron chi connectivity index (χ0n) is 54.2. The van der Waals surface area contributed by atoms with Gasteiger partial charge in [0.25, 0.3) is 0 Å². The van der Waals surface area contributed by atoms with Gasteiger partial charge in [0.05, 0.1) is 0 Å². The summed E-state index contributed by atoms with van der Waals surface area (Å²) in [5.41, 5.74) is 0. The Morgan fingerprint density at radius 1 is 0.253 bits per heavy atom. The Bertz CT molecular complexity index is 1750. The topological polar surface area (TPSA) is 78.9 Å². The summed E-state index contributed by atoms with van der Waals surface area (Å²) < 4.78 is 16.9. The van der Waals surface area contributed by atoms with E-state index in [0.29, 0.717) is 19.3 Å². The smallest absolute Gasteiger partial charge is 0.306 e. The summed E-state index contributed by atoms with van der Waals surface area (Å²) in [6.45, 7) is 6.39. The minimum atomic E-state index is -0.803. The van der Waals surface area contributed by atoms with E-state index in [4.69, 9.17) is 14.2 Å². The summed E-state index contributed by atoms with van der Waals surface area (Å²) in [4.78, 5) is 38.4. The van der Waals surface area contributed by atoms with Crippen LogP contribution in [0.2, 0.25) is 0 Å². The minimum absolute atomic E-state index is 0.0947. The molecule has 0 bridgehead atoms. The van der Waals surface area contributed by atoms with E-state index in [-0.39, 0.29) is 31.1 Å². The summed E-state index contributed by atoms with van der Waals surface area (Å²) in [5, 5.41) is 0. The molecular formula is C77H128O6. The van der Waals surface area contributed by atoms with Crippen molar-refractivity contribution in [1.29, 1.82) is 0 Å². The van der Waals surface area contributed by atoms with Gasteiger partial charge in [0.2, 0.25) is 0 Å². The van der Waals surface area contributed by atoms with Crippen molar-refractivity contribution < 1.29 is 28.6 Å². The monoisotopic (exact) mass is 1150 g/mol. The van der Waals surface area contributed by atoms with Crippen LogP contribution in [0.3, 0.4) is 0 Å². The predicted octanol–water partition coefficient (Wildman–Crippen LogP) is 24.1. The van der Waals surface area contributed by atoms with Gasteiger partial charge in [-0.05, 0) is 135 Å². The third-order valence-corrected chi connectivity index (χ3v) is 14.6. The van der Waals surface area contributed by atoms with E-state index in [1.54, 1.807) is 0 Å². The van der Waals surface area contributed by atoms with E-state index < -0.39 is 6.10 Å². The molecule has 0 aliphatic heterocycles. The quantitative estimate of drug-likeness (QED) is 0.0261. The van der Waals surface area contributed by atoms with Gasteiger partial charge >= 0.3 is 17.9 Å². The number of carbonyl (C=O) groups excluding carboxylic acids is 3. The maximum Gasteiger partial charge on any atom is 0.306 e. The molecule has 0 aliphatic rings. The minimum Gasteiger partial charge on any atom is -0.462 e. The van der Waals surface area contributed by atoms with E-state index in [1.165, 1.54) is 116 Å². The van der Waals surface area contributed by atoms with Gasteiger partial charge < -0.3 is 14.2 Å². The van der Waals surface area contributed by atoms with E-state index in [0.717, 1.165) is 161 Å². The van der Waals surface area contributed by atoms with Gasteiger partial charge in [-0.3, -0.25) is 14.4 Å². The Morgan fingerprint density at radius 2 is 0.470 bits per heavy atom. The van der Waals surface area contributed by atoms with Crippen LogP contribution in [0.5, 0.6) is 0 Å². The van der Waals surface area contributed by atoms with E-state index in [1.807, 2.05) is 0 Å². The SMILES string of the molecule is CC/C=C\C/C=C\C/C=C\C/C=C\C/C=C\CCCCCCCC(=O)OC(COC(=O)CCCCCCC/C=C\C/C=C\C/C=C\CC)COC(=O)CCCCCCCCCCCCCCCC/C=C\C/C=C\C/C=C\CCCCCCC. The third kappa shape index (κ3) is 68.2. The molecular weight excluding hydrogens is 1020 g/mol. The highest BCUT2D eigenvalue weighted by atomic mass is 16.6. The average Bonchev–Trinajstić information content (AvgIpc) is 3.49. The van der Waals surface area contributed by atoms with Crippen molar-refractivity contribution in [3.05, 3.63) is 134 Å². The lowest BCUT2D eigenvalue weighted by Gasteiger charge is -2.18. The summed E-state index contributed by atoms with van der Waals surface area (Å²) in [6, 6.07) is 0. The van der Waals surface area contributed by atoms with Crippen LogP contribution in [0.1, 0.15) is 316 Å². The first-order valence-electron chi connectivity index (χ1n) is 34.7. The van der Waals surface area contributed by atoms with Crippen LogP contribution in [0.25, 0.3) is 0 Å². The zero-order chi connectivity index (χ0) is 59.9. The molecule has 6 nitrogen and oxygen atoms in total. The fourth-order valence-corrected chi connectivity index (χ4v) is 9.49. The summed E-state index contributed by atoms with van der Waals surface area (Å²) in [5.74, 6) is -0.926. The van der Waals surface area contributed by atoms with Crippen LogP contribution in [0, 0.1) is 0 Å². The molecule has 0 heterocycles. The number of carbonyl (C=O) groups is 3. The lowest BCUT2D eigenvalue weighted by atomic mass is 10.0. The summed E-state index contributed by atoms with van der Waals surface area (Å²) >= 11 is 0. The van der Waals surface area contributed by atoms with Gasteiger partial charge in [0, 0.05) is 19.3 Å². The van der Waals surface area contributed by atoms with Crippen molar-refractivity contribution in [3.8, 4) is 0 Å². The Labute approximate surface area is 513 Å². The number of hydrogen-bond acceptors (Lipinski definition) is 6. The average molecular weight is 1150 g/mol. The number of unbranched alkanes of at least 4 members (excludes halogenated alkanes) is 29. The maximum absolute atomic E-state index is 12.9. The fraction of sp³-hybridized carbons (Fsp3) is 0.675. The Hall–Kier alpha value is -4.45. The van der Waals surface area contributed by atoms with Crippen LogP contribution < -0.4 is 0 Å². The second-order valence-corrected chi connectivity index (χ2v) is 22.7. The molecule has 0 spiro atoms. The molecule has 1 atom stereocenters. The van der Waals surface area contributed by atoms with E-state index in [9.17, 15) is 14.4 Å². The van der Waals surface area contributed by atoms with Crippen LogP contribution in [0.4, 0.5) is 0 Å². The third-order valence-electron chi connectivity index (χ3n) is 14.6. The van der Waals surface area contributed by atoms with Gasteiger partial charge in [-0.1, -0.05) is 296 Å². The molecule has 0 radical (unpaired) electrons. The predicted molar refractivity (Wildman–Crippen MR) is 362 cm³/mol.